The molecule has 0 spiro atoms. The van der Waals surface area contributed by atoms with Crippen LogP contribution in [0.2, 0.25) is 0 Å². The average Bonchev–Trinajstić information content (AvgIpc) is 2.25. The largest absolute Gasteiger partial charge is 0.460 e. The van der Waals surface area contributed by atoms with E-state index < -0.39 is 5.60 Å². The summed E-state index contributed by atoms with van der Waals surface area (Å²) in [4.78, 5) is 22.5. The maximum absolute atomic E-state index is 11.4. The first-order valence-electron chi connectivity index (χ1n) is 4.77. The van der Waals surface area contributed by atoms with E-state index in [1.165, 1.54) is 0 Å². The van der Waals surface area contributed by atoms with Crippen molar-refractivity contribution in [2.75, 3.05) is 0 Å². The second-order valence-electron chi connectivity index (χ2n) is 4.49. The van der Waals surface area contributed by atoms with Gasteiger partial charge in [0, 0.05) is 5.70 Å². The Labute approximate surface area is 91.6 Å². The summed E-state index contributed by atoms with van der Waals surface area (Å²) in [5.74, 6) is -0.391. The highest BCUT2D eigenvalue weighted by atomic mass is 31.0. The van der Waals surface area contributed by atoms with Gasteiger partial charge in [-0.3, -0.25) is 9.59 Å². The third kappa shape index (κ3) is 4.00. The van der Waals surface area contributed by atoms with Crippen molar-refractivity contribution in [2.45, 2.75) is 39.2 Å². The average molecular weight is 229 g/mol. The summed E-state index contributed by atoms with van der Waals surface area (Å²) in [6.07, 6.45) is 0.477. The SMILES string of the molecule is CC(C)(C)OC(=O)CC1=C(P)CC(=O)N1. The highest BCUT2D eigenvalue weighted by Crippen LogP contribution is 2.23. The molecule has 5 heteroatoms. The third-order valence-corrected chi connectivity index (χ3v) is 2.32. The van der Waals surface area contributed by atoms with Crippen LogP contribution in [0.5, 0.6) is 0 Å². The van der Waals surface area contributed by atoms with E-state index in [0.717, 1.165) is 5.31 Å². The Morgan fingerprint density at radius 2 is 2.13 bits per heavy atom. The Morgan fingerprint density at radius 3 is 2.53 bits per heavy atom. The van der Waals surface area contributed by atoms with Crippen molar-refractivity contribution in [1.82, 2.24) is 5.32 Å². The van der Waals surface area contributed by atoms with Gasteiger partial charge in [-0.2, -0.15) is 0 Å². The van der Waals surface area contributed by atoms with Gasteiger partial charge in [0.05, 0.1) is 12.8 Å². The molecule has 1 heterocycles. The number of carbonyl (C=O) groups excluding carboxylic acids is 2. The second-order valence-corrected chi connectivity index (χ2v) is 5.19. The van der Waals surface area contributed by atoms with Gasteiger partial charge in [0.1, 0.15) is 5.60 Å². The first kappa shape index (κ1) is 12.2. The molecule has 1 N–H and O–H groups in total. The minimum atomic E-state index is -0.485. The van der Waals surface area contributed by atoms with Crippen molar-refractivity contribution >= 4 is 21.1 Å². The van der Waals surface area contributed by atoms with E-state index >= 15 is 0 Å². The van der Waals surface area contributed by atoms with E-state index in [1.54, 1.807) is 0 Å². The number of amides is 1. The lowest BCUT2D eigenvalue weighted by atomic mass is 10.2. The molecule has 1 amide bonds. The van der Waals surface area contributed by atoms with Crippen LogP contribution in [0.15, 0.2) is 11.0 Å². The van der Waals surface area contributed by atoms with Crippen molar-refractivity contribution in [3.8, 4) is 0 Å². The van der Waals surface area contributed by atoms with Gasteiger partial charge in [0.25, 0.3) is 0 Å². The quantitative estimate of drug-likeness (QED) is 0.574. The van der Waals surface area contributed by atoms with Gasteiger partial charge in [-0.25, -0.2) is 0 Å². The number of ether oxygens (including phenoxy) is 1. The maximum atomic E-state index is 11.4. The second kappa shape index (κ2) is 4.31. The Hall–Kier alpha value is -0.890. The molecule has 0 aromatic rings. The highest BCUT2D eigenvalue weighted by Gasteiger charge is 2.23. The standard InChI is InChI=1S/C10H16NO3P/c1-10(2,3)14-9(13)4-6-7(15)5-8(12)11-6/h4-5,15H2,1-3H3,(H,11,12). The molecule has 4 nitrogen and oxygen atoms in total. The van der Waals surface area contributed by atoms with Crippen LogP contribution in [0.1, 0.15) is 33.6 Å². The monoisotopic (exact) mass is 229 g/mol. The summed E-state index contributed by atoms with van der Waals surface area (Å²) in [6.45, 7) is 5.44. The topological polar surface area (TPSA) is 55.4 Å². The summed E-state index contributed by atoms with van der Waals surface area (Å²) in [7, 11) is 2.47. The molecular formula is C10H16NO3P. The minimum Gasteiger partial charge on any atom is -0.460 e. The number of carbonyl (C=O) groups is 2. The molecule has 1 aliphatic heterocycles. The summed E-state index contributed by atoms with van der Waals surface area (Å²) in [5.41, 5.74) is 0.167. The first-order chi connectivity index (χ1) is 6.78. The van der Waals surface area contributed by atoms with Gasteiger partial charge < -0.3 is 10.1 Å². The summed E-state index contributed by atoms with van der Waals surface area (Å²) in [6, 6.07) is 0. The van der Waals surface area contributed by atoms with Gasteiger partial charge in [-0.15, -0.1) is 9.24 Å². The fraction of sp³-hybridized carbons (Fsp3) is 0.600. The Balaban J connectivity index is 2.53. The van der Waals surface area contributed by atoms with Gasteiger partial charge in [-0.1, -0.05) is 0 Å². The van der Waals surface area contributed by atoms with E-state index in [2.05, 4.69) is 14.6 Å². The number of hydrogen-bond acceptors (Lipinski definition) is 3. The number of rotatable bonds is 2. The van der Waals surface area contributed by atoms with E-state index in [1.807, 2.05) is 20.8 Å². The van der Waals surface area contributed by atoms with Crippen molar-refractivity contribution < 1.29 is 14.3 Å². The molecule has 0 bridgehead atoms. The fourth-order valence-corrected chi connectivity index (χ4v) is 1.61. The summed E-state index contributed by atoms with van der Waals surface area (Å²) < 4.78 is 5.15. The van der Waals surface area contributed by atoms with Gasteiger partial charge in [-0.05, 0) is 26.1 Å². The van der Waals surface area contributed by atoms with Crippen LogP contribution in [-0.4, -0.2) is 17.5 Å². The van der Waals surface area contributed by atoms with E-state index in [9.17, 15) is 9.59 Å². The van der Waals surface area contributed by atoms with E-state index in [0.29, 0.717) is 12.1 Å². The van der Waals surface area contributed by atoms with Gasteiger partial charge in [0.2, 0.25) is 5.91 Å². The molecule has 0 aliphatic carbocycles. The number of esters is 1. The molecule has 0 aromatic heterocycles. The van der Waals surface area contributed by atoms with Crippen LogP contribution < -0.4 is 5.32 Å². The van der Waals surface area contributed by atoms with Crippen LogP contribution in [0.3, 0.4) is 0 Å². The molecule has 15 heavy (non-hydrogen) atoms. The smallest absolute Gasteiger partial charge is 0.312 e. The summed E-state index contributed by atoms with van der Waals surface area (Å²) >= 11 is 0. The molecule has 0 saturated carbocycles. The molecule has 1 atom stereocenters. The summed E-state index contributed by atoms with van der Waals surface area (Å²) in [5, 5.41) is 3.48. The maximum Gasteiger partial charge on any atom is 0.312 e. The first-order valence-corrected chi connectivity index (χ1v) is 5.35. The predicted molar refractivity (Wildman–Crippen MR) is 60.0 cm³/mol. The van der Waals surface area contributed by atoms with Crippen LogP contribution in [0.4, 0.5) is 0 Å². The molecule has 0 fully saturated rings. The Morgan fingerprint density at radius 1 is 1.53 bits per heavy atom. The van der Waals surface area contributed by atoms with Crippen LogP contribution in [0.25, 0.3) is 0 Å². The lowest BCUT2D eigenvalue weighted by molar-refractivity contribution is -0.153. The predicted octanol–water partition coefficient (Wildman–Crippen LogP) is 1.32. The molecule has 1 rings (SSSR count). The molecule has 0 aromatic carbocycles. The van der Waals surface area contributed by atoms with Gasteiger partial charge >= 0.3 is 5.97 Å². The normalized spacial score (nSPS) is 16.7. The molecule has 1 aliphatic rings. The molecule has 1 unspecified atom stereocenters. The van der Waals surface area contributed by atoms with Crippen molar-refractivity contribution in [2.24, 2.45) is 0 Å². The van der Waals surface area contributed by atoms with Crippen molar-refractivity contribution in [3.63, 3.8) is 0 Å². The van der Waals surface area contributed by atoms with Crippen LogP contribution in [0, 0.1) is 0 Å². The van der Waals surface area contributed by atoms with E-state index in [4.69, 9.17) is 4.74 Å². The Kier molecular flexibility index (Phi) is 3.50. The van der Waals surface area contributed by atoms with Crippen LogP contribution >= 0.6 is 9.24 Å². The molecular weight excluding hydrogens is 213 g/mol. The lowest BCUT2D eigenvalue weighted by Crippen LogP contribution is -2.26. The molecule has 84 valence electrons. The zero-order chi connectivity index (χ0) is 11.6. The van der Waals surface area contributed by atoms with Crippen molar-refractivity contribution in [1.29, 1.82) is 0 Å². The van der Waals surface area contributed by atoms with Crippen molar-refractivity contribution in [3.05, 3.63) is 11.0 Å². The molecule has 0 saturated heterocycles. The third-order valence-electron chi connectivity index (χ3n) is 1.77. The molecule has 0 radical (unpaired) electrons. The lowest BCUT2D eigenvalue weighted by Gasteiger charge is -2.19. The number of nitrogens with one attached hydrogen (secondary N) is 1. The zero-order valence-corrected chi connectivity index (χ0v) is 10.4. The number of hydrogen-bond donors (Lipinski definition) is 1. The van der Waals surface area contributed by atoms with E-state index in [-0.39, 0.29) is 18.3 Å². The van der Waals surface area contributed by atoms with Crippen LogP contribution in [-0.2, 0) is 14.3 Å². The van der Waals surface area contributed by atoms with Gasteiger partial charge in [0.15, 0.2) is 0 Å². The fourth-order valence-electron chi connectivity index (χ4n) is 1.25. The highest BCUT2D eigenvalue weighted by molar-refractivity contribution is 7.22. The Bertz CT molecular complexity index is 328. The zero-order valence-electron chi connectivity index (χ0n) is 9.22. The minimum absolute atomic E-state index is 0.0708.